The van der Waals surface area contributed by atoms with Crippen molar-refractivity contribution in [1.82, 2.24) is 4.90 Å². The first-order valence-corrected chi connectivity index (χ1v) is 4.48. The van der Waals surface area contributed by atoms with Gasteiger partial charge in [0.15, 0.2) is 0 Å². The van der Waals surface area contributed by atoms with Crippen molar-refractivity contribution in [1.29, 1.82) is 0 Å². The fourth-order valence-corrected chi connectivity index (χ4v) is 1.45. The van der Waals surface area contributed by atoms with Crippen LogP contribution in [0.3, 0.4) is 0 Å². The van der Waals surface area contributed by atoms with Crippen LogP contribution in [-0.2, 0) is 11.3 Å². The summed E-state index contributed by atoms with van der Waals surface area (Å²) >= 11 is 0. The number of aliphatic hydroxyl groups excluding tert-OH is 1. The van der Waals surface area contributed by atoms with E-state index in [4.69, 9.17) is 0 Å². The molecule has 1 heterocycles. The van der Waals surface area contributed by atoms with Crippen molar-refractivity contribution in [2.24, 2.45) is 0 Å². The standard InChI is InChI=1S/C11H11NO2/c13-10-6-7-11(14)12(10)8-9-4-2-1-3-5-9/h1-7,10,13H,8H2/t10-/m0/s1. The van der Waals surface area contributed by atoms with Crippen molar-refractivity contribution >= 4 is 5.91 Å². The molecule has 1 atom stereocenters. The average Bonchev–Trinajstić information content (AvgIpc) is 2.51. The number of carbonyl (C=O) groups excluding carboxylic acids is 1. The number of amides is 1. The second kappa shape index (κ2) is 3.64. The summed E-state index contributed by atoms with van der Waals surface area (Å²) in [4.78, 5) is 12.7. The quantitative estimate of drug-likeness (QED) is 0.751. The van der Waals surface area contributed by atoms with Crippen molar-refractivity contribution in [2.45, 2.75) is 12.8 Å². The first kappa shape index (κ1) is 8.97. The molecule has 0 unspecified atom stereocenters. The van der Waals surface area contributed by atoms with Gasteiger partial charge in [0.1, 0.15) is 6.23 Å². The minimum atomic E-state index is -0.775. The van der Waals surface area contributed by atoms with E-state index in [0.29, 0.717) is 6.54 Å². The molecule has 0 aliphatic carbocycles. The van der Waals surface area contributed by atoms with Gasteiger partial charge < -0.3 is 10.0 Å². The lowest BCUT2D eigenvalue weighted by atomic mass is 10.2. The number of rotatable bonds is 2. The maximum atomic E-state index is 11.3. The van der Waals surface area contributed by atoms with E-state index in [2.05, 4.69) is 0 Å². The Morgan fingerprint density at radius 2 is 2.00 bits per heavy atom. The highest BCUT2D eigenvalue weighted by molar-refractivity contribution is 5.90. The van der Waals surface area contributed by atoms with Gasteiger partial charge in [-0.25, -0.2) is 0 Å². The van der Waals surface area contributed by atoms with Gasteiger partial charge in [-0.1, -0.05) is 30.3 Å². The summed E-state index contributed by atoms with van der Waals surface area (Å²) in [6.07, 6.45) is 2.11. The van der Waals surface area contributed by atoms with Crippen molar-refractivity contribution in [3.63, 3.8) is 0 Å². The summed E-state index contributed by atoms with van der Waals surface area (Å²) < 4.78 is 0. The second-order valence-corrected chi connectivity index (χ2v) is 3.22. The van der Waals surface area contributed by atoms with E-state index in [9.17, 15) is 9.90 Å². The predicted octanol–water partition coefficient (Wildman–Crippen LogP) is 0.903. The van der Waals surface area contributed by atoms with E-state index in [1.165, 1.54) is 17.1 Å². The van der Waals surface area contributed by atoms with Crippen LogP contribution < -0.4 is 0 Å². The van der Waals surface area contributed by atoms with E-state index >= 15 is 0 Å². The second-order valence-electron chi connectivity index (χ2n) is 3.22. The number of nitrogens with zero attached hydrogens (tertiary/aromatic N) is 1. The van der Waals surface area contributed by atoms with Gasteiger partial charge >= 0.3 is 0 Å². The molecule has 1 aromatic carbocycles. The van der Waals surface area contributed by atoms with Gasteiger partial charge in [-0.15, -0.1) is 0 Å². The largest absolute Gasteiger partial charge is 0.370 e. The third-order valence-corrected chi connectivity index (χ3v) is 2.21. The molecule has 1 aliphatic rings. The number of hydrogen-bond donors (Lipinski definition) is 1. The van der Waals surface area contributed by atoms with E-state index < -0.39 is 6.23 Å². The van der Waals surface area contributed by atoms with Crippen molar-refractivity contribution in [2.75, 3.05) is 0 Å². The van der Waals surface area contributed by atoms with Gasteiger partial charge in [0.2, 0.25) is 5.91 Å². The van der Waals surface area contributed by atoms with E-state index in [0.717, 1.165) is 5.56 Å². The highest BCUT2D eigenvalue weighted by Crippen LogP contribution is 2.13. The Bertz CT molecular complexity index is 359. The lowest BCUT2D eigenvalue weighted by Crippen LogP contribution is -2.32. The van der Waals surface area contributed by atoms with Gasteiger partial charge in [0.25, 0.3) is 0 Å². The van der Waals surface area contributed by atoms with E-state index in [-0.39, 0.29) is 5.91 Å². The van der Waals surface area contributed by atoms with Crippen LogP contribution in [0.4, 0.5) is 0 Å². The highest BCUT2D eigenvalue weighted by Gasteiger charge is 2.23. The molecular formula is C11H11NO2. The molecule has 0 saturated carbocycles. The van der Waals surface area contributed by atoms with Crippen LogP contribution >= 0.6 is 0 Å². The lowest BCUT2D eigenvalue weighted by Gasteiger charge is -2.20. The van der Waals surface area contributed by atoms with Crippen molar-refractivity contribution in [3.8, 4) is 0 Å². The lowest BCUT2D eigenvalue weighted by molar-refractivity contribution is -0.131. The molecule has 1 aliphatic heterocycles. The van der Waals surface area contributed by atoms with Gasteiger partial charge in [0, 0.05) is 12.6 Å². The first-order valence-electron chi connectivity index (χ1n) is 4.48. The predicted molar refractivity (Wildman–Crippen MR) is 52.1 cm³/mol. The highest BCUT2D eigenvalue weighted by atomic mass is 16.3. The number of aliphatic hydroxyl groups is 1. The number of benzene rings is 1. The third-order valence-electron chi connectivity index (χ3n) is 2.21. The zero-order valence-electron chi connectivity index (χ0n) is 7.63. The Hall–Kier alpha value is -1.61. The molecule has 0 saturated heterocycles. The van der Waals surface area contributed by atoms with E-state index in [1.807, 2.05) is 30.3 Å². The normalized spacial score (nSPS) is 20.5. The molecule has 1 amide bonds. The Balaban J connectivity index is 2.09. The summed E-state index contributed by atoms with van der Waals surface area (Å²) in [6, 6.07) is 9.60. The minimum Gasteiger partial charge on any atom is -0.370 e. The molecule has 0 spiro atoms. The molecule has 3 nitrogen and oxygen atoms in total. The first-order chi connectivity index (χ1) is 6.77. The van der Waals surface area contributed by atoms with Gasteiger partial charge in [-0.05, 0) is 11.6 Å². The molecular weight excluding hydrogens is 178 g/mol. The SMILES string of the molecule is O=C1C=C[C@H](O)N1Cc1ccccc1. The Morgan fingerprint density at radius 1 is 1.29 bits per heavy atom. The Kier molecular flexibility index (Phi) is 2.33. The Morgan fingerprint density at radius 3 is 2.57 bits per heavy atom. The summed E-state index contributed by atoms with van der Waals surface area (Å²) in [7, 11) is 0. The van der Waals surface area contributed by atoms with Crippen LogP contribution in [0.1, 0.15) is 5.56 Å². The summed E-state index contributed by atoms with van der Waals surface area (Å²) in [6.45, 7) is 0.452. The summed E-state index contributed by atoms with van der Waals surface area (Å²) in [5.74, 6) is -0.138. The summed E-state index contributed by atoms with van der Waals surface area (Å²) in [5.41, 5.74) is 1.02. The smallest absolute Gasteiger partial charge is 0.248 e. The molecule has 1 N–H and O–H groups in total. The fraction of sp³-hybridized carbons (Fsp3) is 0.182. The van der Waals surface area contributed by atoms with Crippen LogP contribution in [-0.4, -0.2) is 22.1 Å². The zero-order valence-corrected chi connectivity index (χ0v) is 7.63. The maximum absolute atomic E-state index is 11.3. The molecule has 3 heteroatoms. The van der Waals surface area contributed by atoms with Gasteiger partial charge in [-0.2, -0.15) is 0 Å². The van der Waals surface area contributed by atoms with Crippen LogP contribution in [0, 0.1) is 0 Å². The maximum Gasteiger partial charge on any atom is 0.248 e. The minimum absolute atomic E-state index is 0.138. The monoisotopic (exact) mass is 189 g/mol. The topological polar surface area (TPSA) is 40.5 Å². The van der Waals surface area contributed by atoms with Crippen LogP contribution in [0.15, 0.2) is 42.5 Å². The molecule has 14 heavy (non-hydrogen) atoms. The molecule has 0 radical (unpaired) electrons. The molecule has 0 fully saturated rings. The van der Waals surface area contributed by atoms with E-state index in [1.54, 1.807) is 0 Å². The molecule has 0 aromatic heterocycles. The molecule has 2 rings (SSSR count). The van der Waals surface area contributed by atoms with Crippen LogP contribution in [0.25, 0.3) is 0 Å². The van der Waals surface area contributed by atoms with Crippen LogP contribution in [0.5, 0.6) is 0 Å². The van der Waals surface area contributed by atoms with Crippen molar-refractivity contribution in [3.05, 3.63) is 48.0 Å². The van der Waals surface area contributed by atoms with Crippen LogP contribution in [0.2, 0.25) is 0 Å². The third kappa shape index (κ3) is 1.67. The van der Waals surface area contributed by atoms with Gasteiger partial charge in [0.05, 0.1) is 0 Å². The Labute approximate surface area is 82.3 Å². The average molecular weight is 189 g/mol. The molecule has 0 bridgehead atoms. The number of carbonyl (C=O) groups is 1. The van der Waals surface area contributed by atoms with Gasteiger partial charge in [-0.3, -0.25) is 4.79 Å². The van der Waals surface area contributed by atoms with Crippen molar-refractivity contribution < 1.29 is 9.90 Å². The zero-order chi connectivity index (χ0) is 9.97. The fourth-order valence-electron chi connectivity index (χ4n) is 1.45. The molecule has 72 valence electrons. The number of hydrogen-bond acceptors (Lipinski definition) is 2. The molecule has 1 aromatic rings. The summed E-state index contributed by atoms with van der Waals surface area (Å²) in [5, 5.41) is 9.44.